The van der Waals surface area contributed by atoms with Crippen molar-refractivity contribution in [1.29, 1.82) is 0 Å². The molecule has 2 aliphatic heterocycles. The van der Waals surface area contributed by atoms with E-state index >= 15 is 0 Å². The van der Waals surface area contributed by atoms with Gasteiger partial charge in [-0.05, 0) is 39.7 Å². The lowest BCUT2D eigenvalue weighted by molar-refractivity contribution is 0.138. The van der Waals surface area contributed by atoms with Crippen molar-refractivity contribution in [3.8, 4) is 0 Å². The number of nitrogens with zero attached hydrogens (tertiary/aromatic N) is 3. The summed E-state index contributed by atoms with van der Waals surface area (Å²) in [6.45, 7) is 7.60. The van der Waals surface area contributed by atoms with Gasteiger partial charge in [-0.1, -0.05) is 11.6 Å². The van der Waals surface area contributed by atoms with Crippen LogP contribution in [-0.4, -0.2) is 38.7 Å². The molecule has 1 fully saturated rings. The largest absolute Gasteiger partial charge is 0.387 e. The molecule has 0 amide bonds. The Balaban J connectivity index is 1.88. The lowest BCUT2D eigenvalue weighted by atomic mass is 10.1. The van der Waals surface area contributed by atoms with Gasteiger partial charge in [0.05, 0.1) is 11.8 Å². The van der Waals surface area contributed by atoms with Crippen molar-refractivity contribution in [3.05, 3.63) is 16.7 Å². The Bertz CT molecular complexity index is 472. The Morgan fingerprint density at radius 2 is 2.11 bits per heavy atom. The summed E-state index contributed by atoms with van der Waals surface area (Å²) in [7, 11) is 0. The normalized spacial score (nSPS) is 28.1. The molecule has 0 bridgehead atoms. The second-order valence-corrected chi connectivity index (χ2v) is 6.39. The van der Waals surface area contributed by atoms with Crippen molar-refractivity contribution in [2.24, 2.45) is 0 Å². The first-order valence-electron chi connectivity index (χ1n) is 7.26. The average molecular weight is 284 g/mol. The van der Waals surface area contributed by atoms with Crippen LogP contribution in [-0.2, 0) is 6.54 Å². The summed E-state index contributed by atoms with van der Waals surface area (Å²) in [6.07, 6.45) is 2.51. The van der Waals surface area contributed by atoms with Crippen molar-refractivity contribution in [2.75, 3.05) is 13.1 Å². The van der Waals surface area contributed by atoms with Crippen LogP contribution in [0.25, 0.3) is 0 Å². The molecule has 0 aromatic carbocycles. The van der Waals surface area contributed by atoms with E-state index in [1.807, 2.05) is 0 Å². The number of hydrogen-bond donors (Lipinski definition) is 1. The molecule has 106 valence electrons. The Hall–Kier alpha value is -0.580. The van der Waals surface area contributed by atoms with Gasteiger partial charge in [0.15, 0.2) is 5.15 Å². The molecule has 0 aliphatic carbocycles. The van der Waals surface area contributed by atoms with Crippen LogP contribution in [0.15, 0.2) is 0 Å². The molecule has 0 spiro atoms. The number of aliphatic hydroxyl groups excluding tert-OH is 1. The molecule has 2 unspecified atom stereocenters. The van der Waals surface area contributed by atoms with Crippen LogP contribution in [0.2, 0.25) is 5.15 Å². The molecule has 1 aromatic heterocycles. The molecule has 1 aromatic rings. The molecule has 19 heavy (non-hydrogen) atoms. The van der Waals surface area contributed by atoms with Gasteiger partial charge in [0.1, 0.15) is 5.82 Å². The number of aromatic nitrogens is 2. The zero-order chi connectivity index (χ0) is 13.6. The molecule has 3 heterocycles. The second-order valence-electron chi connectivity index (χ2n) is 6.03. The van der Waals surface area contributed by atoms with Crippen LogP contribution in [0.5, 0.6) is 0 Å². The van der Waals surface area contributed by atoms with E-state index in [0.717, 1.165) is 50.4 Å². The van der Waals surface area contributed by atoms with Gasteiger partial charge in [-0.15, -0.1) is 0 Å². The standard InChI is InChI=1S/C14H22ClN3O/c1-9(2)17-7-5-10(8-17)14-16-13(15)12-11(19)4-3-6-18(12)14/h9-11,19H,3-8H2,1-2H3. The summed E-state index contributed by atoms with van der Waals surface area (Å²) in [4.78, 5) is 7.05. The first kappa shape index (κ1) is 13.4. The van der Waals surface area contributed by atoms with E-state index in [0.29, 0.717) is 17.1 Å². The zero-order valence-corrected chi connectivity index (χ0v) is 12.4. The summed E-state index contributed by atoms with van der Waals surface area (Å²) in [5, 5.41) is 10.6. The van der Waals surface area contributed by atoms with Gasteiger partial charge in [0.2, 0.25) is 0 Å². The molecule has 1 saturated heterocycles. The van der Waals surface area contributed by atoms with Crippen molar-refractivity contribution in [3.63, 3.8) is 0 Å². The molecule has 1 N–H and O–H groups in total. The molecule has 0 saturated carbocycles. The third-order valence-corrected chi connectivity index (χ3v) is 4.76. The number of fused-ring (bicyclic) bond motifs is 1. The SMILES string of the molecule is CC(C)N1CCC(c2nc(Cl)c3n2CCCC3O)C1. The topological polar surface area (TPSA) is 41.3 Å². The van der Waals surface area contributed by atoms with E-state index in [-0.39, 0.29) is 0 Å². The van der Waals surface area contributed by atoms with E-state index in [2.05, 4.69) is 28.3 Å². The van der Waals surface area contributed by atoms with Crippen molar-refractivity contribution in [1.82, 2.24) is 14.5 Å². The predicted molar refractivity (Wildman–Crippen MR) is 75.5 cm³/mol. The first-order chi connectivity index (χ1) is 9.08. The highest BCUT2D eigenvalue weighted by Gasteiger charge is 2.33. The zero-order valence-electron chi connectivity index (χ0n) is 11.6. The first-order valence-corrected chi connectivity index (χ1v) is 7.63. The summed E-state index contributed by atoms with van der Waals surface area (Å²) < 4.78 is 2.17. The minimum Gasteiger partial charge on any atom is -0.387 e. The maximum absolute atomic E-state index is 10.1. The highest BCUT2D eigenvalue weighted by Crippen LogP contribution is 2.36. The number of aliphatic hydroxyl groups is 1. The van der Waals surface area contributed by atoms with Crippen LogP contribution in [0.4, 0.5) is 0 Å². The average Bonchev–Trinajstić information content (AvgIpc) is 2.95. The Labute approximate surface area is 119 Å². The molecule has 0 radical (unpaired) electrons. The number of imidazole rings is 1. The lowest BCUT2D eigenvalue weighted by Gasteiger charge is -2.24. The third-order valence-electron chi connectivity index (χ3n) is 4.48. The third kappa shape index (κ3) is 2.30. The van der Waals surface area contributed by atoms with Gasteiger partial charge in [0, 0.05) is 25.0 Å². The van der Waals surface area contributed by atoms with Crippen LogP contribution < -0.4 is 0 Å². The molecular formula is C14H22ClN3O. The van der Waals surface area contributed by atoms with Crippen molar-refractivity contribution < 1.29 is 5.11 Å². The van der Waals surface area contributed by atoms with Crippen LogP contribution >= 0.6 is 11.6 Å². The van der Waals surface area contributed by atoms with Crippen molar-refractivity contribution >= 4 is 11.6 Å². The fourth-order valence-electron chi connectivity index (χ4n) is 3.36. The maximum atomic E-state index is 10.1. The second kappa shape index (κ2) is 5.08. The van der Waals surface area contributed by atoms with E-state index in [9.17, 15) is 5.11 Å². The van der Waals surface area contributed by atoms with Gasteiger partial charge in [-0.25, -0.2) is 4.98 Å². The number of halogens is 1. The van der Waals surface area contributed by atoms with Crippen LogP contribution in [0.3, 0.4) is 0 Å². The molecule has 4 nitrogen and oxygen atoms in total. The van der Waals surface area contributed by atoms with Crippen LogP contribution in [0.1, 0.15) is 56.7 Å². The van der Waals surface area contributed by atoms with Gasteiger partial charge in [-0.2, -0.15) is 0 Å². The van der Waals surface area contributed by atoms with Crippen molar-refractivity contribution in [2.45, 2.75) is 57.7 Å². The van der Waals surface area contributed by atoms with Gasteiger partial charge >= 0.3 is 0 Å². The highest BCUT2D eigenvalue weighted by molar-refractivity contribution is 6.30. The molecule has 2 aliphatic rings. The van der Waals surface area contributed by atoms with E-state index in [1.165, 1.54) is 0 Å². The summed E-state index contributed by atoms with van der Waals surface area (Å²) in [5.74, 6) is 1.54. The predicted octanol–water partition coefficient (Wildman–Crippen LogP) is 2.56. The van der Waals surface area contributed by atoms with E-state index < -0.39 is 6.10 Å². The smallest absolute Gasteiger partial charge is 0.153 e. The molecule has 2 atom stereocenters. The summed E-state index contributed by atoms with van der Waals surface area (Å²) in [5.41, 5.74) is 0.839. The Kier molecular flexibility index (Phi) is 3.58. The quantitative estimate of drug-likeness (QED) is 0.907. The number of rotatable bonds is 2. The minimum atomic E-state index is -0.440. The summed E-state index contributed by atoms with van der Waals surface area (Å²) in [6, 6.07) is 0.585. The summed E-state index contributed by atoms with van der Waals surface area (Å²) >= 11 is 6.23. The Morgan fingerprint density at radius 1 is 1.32 bits per heavy atom. The minimum absolute atomic E-state index is 0.440. The number of likely N-dealkylation sites (tertiary alicyclic amines) is 1. The molecular weight excluding hydrogens is 262 g/mol. The van der Waals surface area contributed by atoms with Gasteiger partial charge < -0.3 is 14.6 Å². The van der Waals surface area contributed by atoms with Crippen LogP contribution in [0, 0.1) is 0 Å². The Morgan fingerprint density at radius 3 is 2.79 bits per heavy atom. The van der Waals surface area contributed by atoms with Gasteiger partial charge in [-0.3, -0.25) is 0 Å². The van der Waals surface area contributed by atoms with Gasteiger partial charge in [0.25, 0.3) is 0 Å². The molecule has 5 heteroatoms. The highest BCUT2D eigenvalue weighted by atomic mass is 35.5. The molecule has 3 rings (SSSR count). The monoisotopic (exact) mass is 283 g/mol. The van der Waals surface area contributed by atoms with E-state index in [1.54, 1.807) is 0 Å². The van der Waals surface area contributed by atoms with E-state index in [4.69, 9.17) is 11.6 Å². The fraction of sp³-hybridized carbons (Fsp3) is 0.786. The maximum Gasteiger partial charge on any atom is 0.153 e. The lowest BCUT2D eigenvalue weighted by Crippen LogP contribution is -2.28. The number of hydrogen-bond acceptors (Lipinski definition) is 3. The fourth-order valence-corrected chi connectivity index (χ4v) is 3.68.